The van der Waals surface area contributed by atoms with Crippen LogP contribution in [-0.4, -0.2) is 11.9 Å². The third kappa shape index (κ3) is 5.33. The Bertz CT molecular complexity index is 409. The molecule has 0 spiro atoms. The molecule has 0 saturated carbocycles. The molecule has 0 fully saturated rings. The zero-order valence-electron chi connectivity index (χ0n) is 13.1. The lowest BCUT2D eigenvalue weighted by Crippen LogP contribution is -2.39. The molecule has 0 heterocycles. The molecule has 1 aromatic rings. The molecule has 3 heteroatoms. The Morgan fingerprint density at radius 3 is 2.35 bits per heavy atom. The second-order valence-electron chi connectivity index (χ2n) is 6.53. The van der Waals surface area contributed by atoms with E-state index in [1.807, 2.05) is 18.2 Å². The summed E-state index contributed by atoms with van der Waals surface area (Å²) in [5.74, 6) is 0.0368. The number of nitrogens with one attached hydrogen (secondary N) is 1. The average molecular weight is 276 g/mol. The second kappa shape index (κ2) is 7.44. The van der Waals surface area contributed by atoms with Crippen LogP contribution in [-0.2, 0) is 4.79 Å². The minimum atomic E-state index is -0.0450. The molecular formula is C17H28N2O. The molecule has 20 heavy (non-hydrogen) atoms. The van der Waals surface area contributed by atoms with Gasteiger partial charge in [-0.1, -0.05) is 64.4 Å². The van der Waals surface area contributed by atoms with E-state index in [9.17, 15) is 4.79 Å². The van der Waals surface area contributed by atoms with Crippen molar-refractivity contribution in [2.75, 3.05) is 0 Å². The summed E-state index contributed by atoms with van der Waals surface area (Å²) >= 11 is 0. The largest absolute Gasteiger partial charge is 0.349 e. The predicted molar refractivity (Wildman–Crippen MR) is 84.3 cm³/mol. The second-order valence-corrected chi connectivity index (χ2v) is 6.53. The Hall–Kier alpha value is -1.35. The van der Waals surface area contributed by atoms with E-state index in [1.54, 1.807) is 0 Å². The molecule has 0 aliphatic rings. The minimum absolute atomic E-state index is 0.00465. The standard InChI is InChI=1S/C17H28N2O/c1-5-9-14(18)12-15(20)19-16(17(2,3)4)13-10-7-6-8-11-13/h6-8,10-11,14,16H,5,9,12,18H2,1-4H3,(H,19,20). The van der Waals surface area contributed by atoms with Gasteiger partial charge in [-0.15, -0.1) is 0 Å². The van der Waals surface area contributed by atoms with Crippen molar-refractivity contribution in [2.24, 2.45) is 11.1 Å². The van der Waals surface area contributed by atoms with E-state index in [1.165, 1.54) is 0 Å². The van der Waals surface area contributed by atoms with E-state index in [-0.39, 0.29) is 23.4 Å². The number of carbonyl (C=O) groups excluding carboxylic acids is 1. The maximum Gasteiger partial charge on any atom is 0.222 e. The van der Waals surface area contributed by atoms with Gasteiger partial charge in [-0.3, -0.25) is 4.79 Å². The number of carbonyl (C=O) groups is 1. The average Bonchev–Trinajstić information content (AvgIpc) is 2.36. The van der Waals surface area contributed by atoms with E-state index in [2.05, 4.69) is 45.1 Å². The lowest BCUT2D eigenvalue weighted by molar-refractivity contribution is -0.123. The Morgan fingerprint density at radius 1 is 1.25 bits per heavy atom. The van der Waals surface area contributed by atoms with E-state index in [0.717, 1.165) is 18.4 Å². The molecule has 112 valence electrons. The molecule has 1 aromatic carbocycles. The fourth-order valence-electron chi connectivity index (χ4n) is 2.38. The van der Waals surface area contributed by atoms with Gasteiger partial charge >= 0.3 is 0 Å². The maximum atomic E-state index is 12.2. The highest BCUT2D eigenvalue weighted by atomic mass is 16.1. The SMILES string of the molecule is CCCC(N)CC(=O)NC(c1ccccc1)C(C)(C)C. The fourth-order valence-corrected chi connectivity index (χ4v) is 2.38. The molecule has 0 radical (unpaired) electrons. The monoisotopic (exact) mass is 276 g/mol. The summed E-state index contributed by atoms with van der Waals surface area (Å²) in [4.78, 5) is 12.2. The van der Waals surface area contributed by atoms with Crippen molar-refractivity contribution in [3.8, 4) is 0 Å². The zero-order valence-corrected chi connectivity index (χ0v) is 13.1. The summed E-state index contributed by atoms with van der Waals surface area (Å²) in [6, 6.07) is 10.1. The van der Waals surface area contributed by atoms with Crippen molar-refractivity contribution >= 4 is 5.91 Å². The van der Waals surface area contributed by atoms with Gasteiger partial charge in [0.1, 0.15) is 0 Å². The summed E-state index contributed by atoms with van der Waals surface area (Å²) < 4.78 is 0. The van der Waals surface area contributed by atoms with Gasteiger partial charge in [0.15, 0.2) is 0 Å². The van der Waals surface area contributed by atoms with Crippen molar-refractivity contribution in [1.29, 1.82) is 0 Å². The minimum Gasteiger partial charge on any atom is -0.349 e. The molecule has 3 N–H and O–H groups in total. The van der Waals surface area contributed by atoms with Crippen LogP contribution in [0.2, 0.25) is 0 Å². The Labute approximate surface area is 122 Å². The van der Waals surface area contributed by atoms with Crippen molar-refractivity contribution in [1.82, 2.24) is 5.32 Å². The molecule has 1 amide bonds. The normalized spacial score (nSPS) is 14.7. The first-order valence-electron chi connectivity index (χ1n) is 7.44. The van der Waals surface area contributed by atoms with Crippen molar-refractivity contribution < 1.29 is 4.79 Å². The number of hydrogen-bond acceptors (Lipinski definition) is 2. The quantitative estimate of drug-likeness (QED) is 0.836. The highest BCUT2D eigenvalue weighted by Gasteiger charge is 2.27. The Kier molecular flexibility index (Phi) is 6.21. The van der Waals surface area contributed by atoms with Crippen LogP contribution in [0.4, 0.5) is 0 Å². The van der Waals surface area contributed by atoms with Crippen LogP contribution < -0.4 is 11.1 Å². The Balaban J connectivity index is 2.75. The third-order valence-corrected chi connectivity index (χ3v) is 3.41. The smallest absolute Gasteiger partial charge is 0.222 e. The molecular weight excluding hydrogens is 248 g/mol. The van der Waals surface area contributed by atoms with Crippen molar-refractivity contribution in [3.63, 3.8) is 0 Å². The third-order valence-electron chi connectivity index (χ3n) is 3.41. The number of rotatable bonds is 6. The lowest BCUT2D eigenvalue weighted by Gasteiger charge is -2.32. The van der Waals surface area contributed by atoms with Crippen LogP contribution in [0.5, 0.6) is 0 Å². The summed E-state index contributed by atoms with van der Waals surface area (Å²) in [6.07, 6.45) is 2.29. The van der Waals surface area contributed by atoms with E-state index < -0.39 is 0 Å². The molecule has 0 aliphatic heterocycles. The van der Waals surface area contributed by atoms with Gasteiger partial charge in [-0.05, 0) is 17.4 Å². The van der Waals surface area contributed by atoms with Crippen LogP contribution >= 0.6 is 0 Å². The van der Waals surface area contributed by atoms with Crippen LogP contribution in [0, 0.1) is 5.41 Å². The molecule has 1 rings (SSSR count). The maximum absolute atomic E-state index is 12.2. The lowest BCUT2D eigenvalue weighted by atomic mass is 9.82. The molecule has 2 atom stereocenters. The van der Waals surface area contributed by atoms with Crippen LogP contribution in [0.25, 0.3) is 0 Å². The van der Waals surface area contributed by atoms with Crippen molar-refractivity contribution in [2.45, 2.75) is 59.0 Å². The summed E-state index contributed by atoms with van der Waals surface area (Å²) in [5.41, 5.74) is 7.05. The van der Waals surface area contributed by atoms with Gasteiger partial charge in [0.25, 0.3) is 0 Å². The number of nitrogens with two attached hydrogens (primary N) is 1. The van der Waals surface area contributed by atoms with Crippen LogP contribution in [0.15, 0.2) is 30.3 Å². The topological polar surface area (TPSA) is 55.1 Å². The summed E-state index contributed by atoms with van der Waals surface area (Å²) in [6.45, 7) is 8.49. The van der Waals surface area contributed by atoms with Gasteiger partial charge in [-0.25, -0.2) is 0 Å². The Morgan fingerprint density at radius 2 is 1.85 bits per heavy atom. The molecule has 0 bridgehead atoms. The van der Waals surface area contributed by atoms with Crippen molar-refractivity contribution in [3.05, 3.63) is 35.9 Å². The number of hydrogen-bond donors (Lipinski definition) is 2. The fraction of sp³-hybridized carbons (Fsp3) is 0.588. The van der Waals surface area contributed by atoms with Gasteiger partial charge in [0.05, 0.1) is 6.04 Å². The molecule has 3 nitrogen and oxygen atoms in total. The summed E-state index contributed by atoms with van der Waals surface area (Å²) in [7, 11) is 0. The number of benzene rings is 1. The van der Waals surface area contributed by atoms with Gasteiger partial charge in [0, 0.05) is 12.5 Å². The van der Waals surface area contributed by atoms with Gasteiger partial charge in [0.2, 0.25) is 5.91 Å². The summed E-state index contributed by atoms with van der Waals surface area (Å²) in [5, 5.41) is 3.14. The molecule has 0 aliphatic carbocycles. The van der Waals surface area contributed by atoms with E-state index in [0.29, 0.717) is 6.42 Å². The first kappa shape index (κ1) is 16.7. The molecule has 0 saturated heterocycles. The van der Waals surface area contributed by atoms with Crippen LogP contribution in [0.1, 0.15) is 58.6 Å². The van der Waals surface area contributed by atoms with E-state index in [4.69, 9.17) is 5.73 Å². The number of amides is 1. The van der Waals surface area contributed by atoms with Crippen LogP contribution in [0.3, 0.4) is 0 Å². The predicted octanol–water partition coefficient (Wildman–Crippen LogP) is 3.41. The first-order chi connectivity index (χ1) is 9.34. The molecule has 0 aromatic heterocycles. The molecule has 2 unspecified atom stereocenters. The van der Waals surface area contributed by atoms with Gasteiger partial charge < -0.3 is 11.1 Å². The van der Waals surface area contributed by atoms with Gasteiger partial charge in [-0.2, -0.15) is 0 Å². The highest BCUT2D eigenvalue weighted by Crippen LogP contribution is 2.32. The highest BCUT2D eigenvalue weighted by molar-refractivity contribution is 5.77. The zero-order chi connectivity index (χ0) is 15.2. The first-order valence-corrected chi connectivity index (χ1v) is 7.44. The van der Waals surface area contributed by atoms with E-state index >= 15 is 0 Å².